The number of ether oxygens (including phenoxy) is 2. The Morgan fingerprint density at radius 2 is 1.97 bits per heavy atom. The fraction of sp³-hybridized carbons (Fsp3) is 0.500. The van der Waals surface area contributed by atoms with Crippen molar-refractivity contribution in [1.82, 2.24) is 10.2 Å². The highest BCUT2D eigenvalue weighted by atomic mass is 35.5. The Bertz CT molecular complexity index is 1060. The van der Waals surface area contributed by atoms with Gasteiger partial charge < -0.3 is 19.7 Å². The van der Waals surface area contributed by atoms with Gasteiger partial charge in [0.2, 0.25) is 11.8 Å². The molecule has 188 valence electrons. The van der Waals surface area contributed by atoms with Crippen LogP contribution >= 0.6 is 35.0 Å². The lowest BCUT2D eigenvalue weighted by molar-refractivity contribution is -0.150. The molecule has 1 N–H and O–H groups in total. The molecule has 1 fully saturated rings. The summed E-state index contributed by atoms with van der Waals surface area (Å²) in [5, 5.41) is 13.3. The smallest absolute Gasteiger partial charge is 0.319 e. The number of nitriles is 1. The zero-order valence-corrected chi connectivity index (χ0v) is 22.1. The van der Waals surface area contributed by atoms with Crippen molar-refractivity contribution >= 4 is 52.7 Å². The first-order valence-electron chi connectivity index (χ1n) is 11.3. The summed E-state index contributed by atoms with van der Waals surface area (Å²) in [6, 6.07) is 5.31. The summed E-state index contributed by atoms with van der Waals surface area (Å²) < 4.78 is 10.3. The topological polar surface area (TPSA) is 109 Å². The second-order valence-corrected chi connectivity index (χ2v) is 10.1. The van der Waals surface area contributed by atoms with Gasteiger partial charge in [-0.1, -0.05) is 35.0 Å². The molecule has 1 saturated heterocycles. The first kappa shape index (κ1) is 27.2. The highest BCUT2D eigenvalue weighted by Gasteiger charge is 2.45. The number of benzene rings is 1. The van der Waals surface area contributed by atoms with E-state index in [4.69, 9.17) is 32.7 Å². The van der Waals surface area contributed by atoms with Crippen molar-refractivity contribution in [2.24, 2.45) is 5.92 Å². The predicted octanol–water partition coefficient (Wildman–Crippen LogP) is 4.26. The van der Waals surface area contributed by atoms with Gasteiger partial charge in [0.15, 0.2) is 5.75 Å². The van der Waals surface area contributed by atoms with Crippen LogP contribution in [0.4, 0.5) is 0 Å². The molecule has 2 amide bonds. The lowest BCUT2D eigenvalue weighted by atomic mass is 9.78. The van der Waals surface area contributed by atoms with E-state index in [1.54, 1.807) is 6.92 Å². The number of hydrogen-bond donors (Lipinski definition) is 1. The minimum Gasteiger partial charge on any atom is -0.491 e. The van der Waals surface area contributed by atoms with Crippen LogP contribution in [0.2, 0.25) is 10.0 Å². The molecule has 0 radical (unpaired) electrons. The number of nitrogens with zero attached hydrogens (tertiary/aromatic N) is 2. The van der Waals surface area contributed by atoms with Gasteiger partial charge in [0, 0.05) is 18.5 Å². The summed E-state index contributed by atoms with van der Waals surface area (Å²) in [5.74, 6) is -3.52. The number of esters is 1. The monoisotopic (exact) mass is 539 g/mol. The molecule has 1 aromatic rings. The fourth-order valence-electron chi connectivity index (χ4n) is 4.41. The van der Waals surface area contributed by atoms with Crippen LogP contribution in [0.25, 0.3) is 0 Å². The Balaban J connectivity index is 2.00. The summed E-state index contributed by atoms with van der Waals surface area (Å²) >= 11 is 13.8. The summed E-state index contributed by atoms with van der Waals surface area (Å²) in [5.41, 5.74) is 0.514. The zero-order chi connectivity index (χ0) is 25.7. The number of amides is 2. The second-order valence-electron chi connectivity index (χ2n) is 8.29. The van der Waals surface area contributed by atoms with Gasteiger partial charge >= 0.3 is 5.97 Å². The van der Waals surface area contributed by atoms with E-state index in [9.17, 15) is 19.6 Å². The summed E-state index contributed by atoms with van der Waals surface area (Å²) in [6.07, 6.45) is 2.98. The Morgan fingerprint density at radius 3 is 2.54 bits per heavy atom. The molecule has 0 unspecified atom stereocenters. The predicted molar refractivity (Wildman–Crippen MR) is 134 cm³/mol. The van der Waals surface area contributed by atoms with Crippen LogP contribution in [0.1, 0.15) is 44.6 Å². The molecule has 0 spiro atoms. The van der Waals surface area contributed by atoms with Gasteiger partial charge in [0.1, 0.15) is 5.92 Å². The van der Waals surface area contributed by atoms with Crippen molar-refractivity contribution in [3.05, 3.63) is 38.3 Å². The first-order chi connectivity index (χ1) is 16.7. The van der Waals surface area contributed by atoms with Gasteiger partial charge in [-0.25, -0.2) is 0 Å². The molecule has 3 rings (SSSR count). The SMILES string of the molecule is CCOc1c(Cl)cc([C@@H]2C(C#N)=C(SCC(=O)N3CCCC[C@H]3C)NC(=O)[C@@H]2C(=O)OC)cc1Cl. The van der Waals surface area contributed by atoms with Crippen LogP contribution in [0, 0.1) is 17.2 Å². The molecule has 0 aliphatic carbocycles. The lowest BCUT2D eigenvalue weighted by Crippen LogP contribution is -2.45. The van der Waals surface area contributed by atoms with Crippen molar-refractivity contribution < 1.29 is 23.9 Å². The van der Waals surface area contributed by atoms with Gasteiger partial charge in [-0.2, -0.15) is 5.26 Å². The number of halogens is 2. The minimum absolute atomic E-state index is 0.0472. The van der Waals surface area contributed by atoms with Crippen molar-refractivity contribution in [3.8, 4) is 11.8 Å². The van der Waals surface area contributed by atoms with Crippen molar-refractivity contribution in [3.63, 3.8) is 0 Å². The highest BCUT2D eigenvalue weighted by Crippen LogP contribution is 2.44. The lowest BCUT2D eigenvalue weighted by Gasteiger charge is -2.34. The molecule has 11 heteroatoms. The maximum Gasteiger partial charge on any atom is 0.319 e. The quantitative estimate of drug-likeness (QED) is 0.407. The third-order valence-electron chi connectivity index (χ3n) is 6.12. The summed E-state index contributed by atoms with van der Waals surface area (Å²) in [7, 11) is 1.17. The number of nitrogens with one attached hydrogen (secondary N) is 1. The molecule has 2 aliphatic heterocycles. The molecule has 3 atom stereocenters. The van der Waals surface area contributed by atoms with E-state index in [-0.39, 0.29) is 44.1 Å². The molecular weight excluding hydrogens is 513 g/mol. The average molecular weight is 540 g/mol. The van der Waals surface area contributed by atoms with Crippen molar-refractivity contribution in [2.75, 3.05) is 26.0 Å². The number of allylic oxidation sites excluding steroid dienone is 1. The van der Waals surface area contributed by atoms with E-state index in [0.29, 0.717) is 18.7 Å². The fourth-order valence-corrected chi connectivity index (χ4v) is 5.95. The number of thioether (sulfide) groups is 1. The van der Waals surface area contributed by atoms with E-state index >= 15 is 0 Å². The van der Waals surface area contributed by atoms with Gasteiger partial charge in [-0.3, -0.25) is 14.4 Å². The van der Waals surface area contributed by atoms with Gasteiger partial charge in [0.25, 0.3) is 0 Å². The third-order valence-corrected chi connectivity index (χ3v) is 7.68. The Kier molecular flexibility index (Phi) is 9.34. The number of carbonyl (C=O) groups excluding carboxylic acids is 3. The largest absolute Gasteiger partial charge is 0.491 e. The van der Waals surface area contributed by atoms with Crippen LogP contribution in [0.15, 0.2) is 22.7 Å². The molecule has 35 heavy (non-hydrogen) atoms. The molecule has 0 aromatic heterocycles. The average Bonchev–Trinajstić information content (AvgIpc) is 2.83. The van der Waals surface area contributed by atoms with E-state index in [0.717, 1.165) is 31.0 Å². The van der Waals surface area contributed by atoms with Gasteiger partial charge in [-0.05, 0) is 50.8 Å². The Hall–Kier alpha value is -2.41. The van der Waals surface area contributed by atoms with E-state index in [1.807, 2.05) is 11.8 Å². The summed E-state index contributed by atoms with van der Waals surface area (Å²) in [6.45, 7) is 4.82. The van der Waals surface area contributed by atoms with E-state index in [2.05, 4.69) is 11.4 Å². The number of hydrogen-bond acceptors (Lipinski definition) is 7. The maximum atomic E-state index is 13.0. The minimum atomic E-state index is -1.33. The first-order valence-corrected chi connectivity index (χ1v) is 13.0. The maximum absolute atomic E-state index is 13.0. The normalized spacial score (nSPS) is 22.3. The van der Waals surface area contributed by atoms with Crippen LogP contribution < -0.4 is 10.1 Å². The van der Waals surface area contributed by atoms with Gasteiger partial charge in [0.05, 0.1) is 46.2 Å². The Morgan fingerprint density at radius 1 is 1.29 bits per heavy atom. The molecule has 1 aromatic carbocycles. The summed E-state index contributed by atoms with van der Waals surface area (Å²) in [4.78, 5) is 40.3. The van der Waals surface area contributed by atoms with Crippen LogP contribution in [0.3, 0.4) is 0 Å². The molecule has 8 nitrogen and oxygen atoms in total. The molecule has 2 aliphatic rings. The number of carbonyl (C=O) groups is 3. The zero-order valence-electron chi connectivity index (χ0n) is 19.7. The van der Waals surface area contributed by atoms with Crippen LogP contribution in [-0.2, 0) is 19.1 Å². The third kappa shape index (κ3) is 5.88. The van der Waals surface area contributed by atoms with Crippen molar-refractivity contribution in [1.29, 1.82) is 5.26 Å². The molecule has 2 heterocycles. The molecular formula is C24H27Cl2N3O5S. The number of rotatable bonds is 7. The molecule has 0 saturated carbocycles. The molecule has 0 bridgehead atoms. The second kappa shape index (κ2) is 12.0. The number of piperidine rings is 1. The van der Waals surface area contributed by atoms with Crippen LogP contribution in [-0.4, -0.2) is 54.7 Å². The van der Waals surface area contributed by atoms with Crippen LogP contribution in [0.5, 0.6) is 5.75 Å². The van der Waals surface area contributed by atoms with Crippen molar-refractivity contribution in [2.45, 2.75) is 45.1 Å². The highest BCUT2D eigenvalue weighted by molar-refractivity contribution is 8.03. The van der Waals surface area contributed by atoms with Gasteiger partial charge in [-0.15, -0.1) is 0 Å². The standard InChI is InChI=1S/C24H27Cl2N3O5S/c1-4-34-21-16(25)9-14(10-17(21)26)19-15(11-27)23(28-22(31)20(19)24(32)33-3)35-12-18(30)29-8-6-5-7-13(29)2/h9-10,13,19-20H,4-8,12H2,1-3H3,(H,28,31)/t13-,19-,20-/m1/s1. The Labute approximate surface area is 218 Å². The van der Waals surface area contributed by atoms with E-state index < -0.39 is 23.7 Å². The number of likely N-dealkylation sites (tertiary alicyclic amines) is 1. The number of methoxy groups -OCH3 is 1. The van der Waals surface area contributed by atoms with E-state index in [1.165, 1.54) is 19.2 Å².